The predicted molar refractivity (Wildman–Crippen MR) is 37.5 cm³/mol. The molecule has 0 aromatic carbocycles. The minimum absolute atomic E-state index is 0.560. The maximum atomic E-state index is 5.03. The molecular weight excluding hydrogens is 184 g/mol. The van der Waals surface area contributed by atoms with E-state index in [0.717, 1.165) is 4.60 Å². The van der Waals surface area contributed by atoms with Gasteiger partial charge in [-0.3, -0.25) is 0 Å². The first-order chi connectivity index (χ1) is 4.33. The summed E-state index contributed by atoms with van der Waals surface area (Å²) in [4.78, 5) is 6.74. The summed E-state index contributed by atoms with van der Waals surface area (Å²) in [5, 5.41) is 0. The zero-order chi connectivity index (χ0) is 6.69. The number of halogens is 1. The van der Waals surface area contributed by atoms with Crippen LogP contribution in [0.4, 0.5) is 0 Å². The minimum Gasteiger partial charge on any atom is -0.465 e. The first-order valence-corrected chi connectivity index (χ1v) is 3.45. The Morgan fingerprint density at radius 3 is 3.11 bits per heavy atom. The van der Waals surface area contributed by atoms with Crippen molar-refractivity contribution < 1.29 is 4.74 Å². The molecule has 50 valence electrons. The summed E-state index contributed by atoms with van der Waals surface area (Å²) in [7, 11) is 0. The zero-order valence-electron chi connectivity index (χ0n) is 5.02. The molecule has 0 aliphatic carbocycles. The Morgan fingerprint density at radius 2 is 2.67 bits per heavy atom. The summed E-state index contributed by atoms with van der Waals surface area (Å²) in [5.74, 6) is 0. The number of H-pyrrole nitrogens is 1. The molecule has 3 nitrogen and oxygen atoms in total. The van der Waals surface area contributed by atoms with Crippen LogP contribution in [0.1, 0.15) is 6.92 Å². The molecule has 1 aromatic heterocycles. The van der Waals surface area contributed by atoms with Crippen LogP contribution < -0.4 is 4.74 Å². The Kier molecular flexibility index (Phi) is 2.10. The highest BCUT2D eigenvalue weighted by molar-refractivity contribution is 9.10. The molecule has 0 amide bonds. The van der Waals surface area contributed by atoms with Gasteiger partial charge >= 0.3 is 0 Å². The number of nitrogens with zero attached hydrogens (tertiary/aromatic N) is 1. The third-order valence-corrected chi connectivity index (χ3v) is 1.21. The predicted octanol–water partition coefficient (Wildman–Crippen LogP) is 1.57. The molecule has 0 fully saturated rings. The molecule has 0 unspecified atom stereocenters. The van der Waals surface area contributed by atoms with Crippen molar-refractivity contribution in [1.29, 1.82) is 0 Å². The van der Waals surface area contributed by atoms with Crippen LogP contribution in [0.25, 0.3) is 0 Å². The molecule has 0 bridgehead atoms. The van der Waals surface area contributed by atoms with E-state index in [4.69, 9.17) is 4.74 Å². The number of imidazole rings is 1. The Morgan fingerprint density at radius 1 is 1.89 bits per heavy atom. The standard InChI is InChI=1S/C5H7BrN2O/c1-2-9-5-7-3-4(6)8-5/h3H,2H2,1H3,(H,7,8). The summed E-state index contributed by atoms with van der Waals surface area (Å²) in [6, 6.07) is 0.560. The highest BCUT2D eigenvalue weighted by Gasteiger charge is 1.94. The second-order valence-electron chi connectivity index (χ2n) is 1.47. The highest BCUT2D eigenvalue weighted by Crippen LogP contribution is 2.09. The van der Waals surface area contributed by atoms with Crippen molar-refractivity contribution in [3.05, 3.63) is 10.8 Å². The van der Waals surface area contributed by atoms with Gasteiger partial charge in [0.15, 0.2) is 0 Å². The molecule has 9 heavy (non-hydrogen) atoms. The number of aromatic amines is 1. The average molecular weight is 191 g/mol. The van der Waals surface area contributed by atoms with Gasteiger partial charge in [0.05, 0.1) is 12.8 Å². The summed E-state index contributed by atoms with van der Waals surface area (Å²) in [5.41, 5.74) is 0. The summed E-state index contributed by atoms with van der Waals surface area (Å²) in [6.45, 7) is 2.55. The Labute approximate surface area is 61.6 Å². The van der Waals surface area contributed by atoms with Gasteiger partial charge < -0.3 is 9.72 Å². The molecule has 1 heterocycles. The lowest BCUT2D eigenvalue weighted by atomic mass is 10.9. The summed E-state index contributed by atoms with van der Waals surface area (Å²) < 4.78 is 5.87. The second-order valence-corrected chi connectivity index (χ2v) is 2.32. The number of nitrogens with one attached hydrogen (secondary N) is 1. The quantitative estimate of drug-likeness (QED) is 0.770. The van der Waals surface area contributed by atoms with Crippen LogP contribution >= 0.6 is 15.9 Å². The Bertz CT molecular complexity index is 187. The number of ether oxygens (including phenoxy) is 1. The van der Waals surface area contributed by atoms with E-state index in [9.17, 15) is 0 Å². The monoisotopic (exact) mass is 190 g/mol. The third kappa shape index (κ3) is 1.71. The van der Waals surface area contributed by atoms with Gasteiger partial charge in [0.25, 0.3) is 6.01 Å². The summed E-state index contributed by atoms with van der Waals surface area (Å²) >= 11 is 3.20. The summed E-state index contributed by atoms with van der Waals surface area (Å²) in [6.07, 6.45) is 1.66. The first-order valence-electron chi connectivity index (χ1n) is 2.66. The van der Waals surface area contributed by atoms with Crippen LogP contribution in [-0.2, 0) is 0 Å². The fourth-order valence-corrected chi connectivity index (χ4v) is 0.764. The smallest absolute Gasteiger partial charge is 0.294 e. The number of rotatable bonds is 2. The van der Waals surface area contributed by atoms with Gasteiger partial charge in [-0.2, -0.15) is 0 Å². The largest absolute Gasteiger partial charge is 0.465 e. The van der Waals surface area contributed by atoms with E-state index < -0.39 is 0 Å². The fraction of sp³-hybridized carbons (Fsp3) is 0.400. The van der Waals surface area contributed by atoms with Gasteiger partial charge in [-0.25, -0.2) is 4.98 Å². The van der Waals surface area contributed by atoms with Crippen LogP contribution in [0.15, 0.2) is 10.8 Å². The van der Waals surface area contributed by atoms with Crippen molar-refractivity contribution in [2.24, 2.45) is 0 Å². The molecule has 4 heteroatoms. The fourth-order valence-electron chi connectivity index (χ4n) is 0.492. The van der Waals surface area contributed by atoms with E-state index in [2.05, 4.69) is 25.9 Å². The number of hydrogen-bond acceptors (Lipinski definition) is 2. The van der Waals surface area contributed by atoms with Gasteiger partial charge in [0.1, 0.15) is 4.60 Å². The molecule has 0 atom stereocenters. The molecule has 1 rings (SSSR count). The maximum Gasteiger partial charge on any atom is 0.294 e. The lowest BCUT2D eigenvalue weighted by Crippen LogP contribution is -1.91. The van der Waals surface area contributed by atoms with E-state index in [1.165, 1.54) is 0 Å². The Balaban J connectivity index is 2.61. The van der Waals surface area contributed by atoms with Gasteiger partial charge in [-0.1, -0.05) is 0 Å². The molecule has 0 aliphatic heterocycles. The molecule has 0 saturated carbocycles. The van der Waals surface area contributed by atoms with Crippen LogP contribution in [0.3, 0.4) is 0 Å². The molecule has 1 aromatic rings. The van der Waals surface area contributed by atoms with Gasteiger partial charge in [0.2, 0.25) is 0 Å². The Hall–Kier alpha value is -0.510. The third-order valence-electron chi connectivity index (χ3n) is 0.803. The normalized spacial score (nSPS) is 9.56. The second kappa shape index (κ2) is 2.87. The van der Waals surface area contributed by atoms with E-state index >= 15 is 0 Å². The molecule has 0 saturated heterocycles. The zero-order valence-corrected chi connectivity index (χ0v) is 6.60. The van der Waals surface area contributed by atoms with E-state index in [1.807, 2.05) is 6.92 Å². The van der Waals surface area contributed by atoms with Crippen molar-refractivity contribution in [3.63, 3.8) is 0 Å². The topological polar surface area (TPSA) is 37.9 Å². The van der Waals surface area contributed by atoms with Gasteiger partial charge in [-0.15, -0.1) is 0 Å². The molecular formula is C5H7BrN2O. The maximum absolute atomic E-state index is 5.03. The van der Waals surface area contributed by atoms with Gasteiger partial charge in [0, 0.05) is 0 Å². The molecule has 0 aliphatic rings. The van der Waals surface area contributed by atoms with Crippen molar-refractivity contribution in [3.8, 4) is 6.01 Å². The van der Waals surface area contributed by atoms with Crippen molar-refractivity contribution in [2.75, 3.05) is 6.61 Å². The first kappa shape index (κ1) is 6.61. The molecule has 0 spiro atoms. The van der Waals surface area contributed by atoms with Crippen LogP contribution in [0.5, 0.6) is 6.01 Å². The highest BCUT2D eigenvalue weighted by atomic mass is 79.9. The van der Waals surface area contributed by atoms with Crippen LogP contribution in [0, 0.1) is 0 Å². The van der Waals surface area contributed by atoms with Crippen molar-refractivity contribution in [1.82, 2.24) is 9.97 Å². The van der Waals surface area contributed by atoms with E-state index in [-0.39, 0.29) is 0 Å². The lowest BCUT2D eigenvalue weighted by molar-refractivity contribution is 0.315. The molecule has 1 N–H and O–H groups in total. The van der Waals surface area contributed by atoms with E-state index in [0.29, 0.717) is 12.6 Å². The lowest BCUT2D eigenvalue weighted by Gasteiger charge is -1.93. The molecule has 0 radical (unpaired) electrons. The van der Waals surface area contributed by atoms with Crippen molar-refractivity contribution >= 4 is 15.9 Å². The van der Waals surface area contributed by atoms with E-state index in [1.54, 1.807) is 6.20 Å². The number of hydrogen-bond donors (Lipinski definition) is 1. The minimum atomic E-state index is 0.560. The van der Waals surface area contributed by atoms with Crippen molar-refractivity contribution in [2.45, 2.75) is 6.92 Å². The van der Waals surface area contributed by atoms with Crippen LogP contribution in [0.2, 0.25) is 0 Å². The van der Waals surface area contributed by atoms with Crippen LogP contribution in [-0.4, -0.2) is 16.6 Å². The average Bonchev–Trinajstić information content (AvgIpc) is 2.17. The number of aromatic nitrogens is 2. The van der Waals surface area contributed by atoms with Gasteiger partial charge in [-0.05, 0) is 22.9 Å². The SMILES string of the molecule is CCOc1ncc(Br)[nH]1.